The van der Waals surface area contributed by atoms with Crippen LogP contribution in [0.3, 0.4) is 0 Å². The second-order valence-corrected chi connectivity index (χ2v) is 6.02. The number of nitriles is 1. The summed E-state index contributed by atoms with van der Waals surface area (Å²) in [5.74, 6) is 4.83. The van der Waals surface area contributed by atoms with Crippen LogP contribution < -0.4 is 10.6 Å². The molecule has 24 heavy (non-hydrogen) atoms. The Kier molecular flexibility index (Phi) is 7.32. The number of anilines is 1. The second kappa shape index (κ2) is 9.22. The minimum atomic E-state index is -0.536. The van der Waals surface area contributed by atoms with E-state index < -0.39 is 11.7 Å². The van der Waals surface area contributed by atoms with E-state index in [2.05, 4.69) is 22.5 Å². The van der Waals surface area contributed by atoms with Gasteiger partial charge in [-0.05, 0) is 51.5 Å². The van der Waals surface area contributed by atoms with Gasteiger partial charge in [-0.15, -0.1) is 0 Å². The van der Waals surface area contributed by atoms with Crippen molar-refractivity contribution in [1.82, 2.24) is 5.32 Å². The number of ether oxygens (including phenoxy) is 1. The Morgan fingerprint density at radius 2 is 1.88 bits per heavy atom. The summed E-state index contributed by atoms with van der Waals surface area (Å²) in [6, 6.07) is 8.64. The molecule has 6 heteroatoms. The first-order valence-electron chi connectivity index (χ1n) is 7.57. The maximum Gasteiger partial charge on any atom is 0.407 e. The number of nitrogens with zero attached hydrogens (tertiary/aromatic N) is 1. The van der Waals surface area contributed by atoms with Gasteiger partial charge in [-0.25, -0.2) is 4.79 Å². The van der Waals surface area contributed by atoms with Crippen LogP contribution in [-0.2, 0) is 9.53 Å². The van der Waals surface area contributed by atoms with Crippen molar-refractivity contribution in [3.63, 3.8) is 0 Å². The fraction of sp³-hybridized carbons (Fsp3) is 0.389. The molecule has 0 saturated heterocycles. The highest BCUT2D eigenvalue weighted by Crippen LogP contribution is 2.09. The second-order valence-electron chi connectivity index (χ2n) is 6.02. The van der Waals surface area contributed by atoms with Gasteiger partial charge in [0.05, 0.1) is 0 Å². The molecule has 1 aromatic carbocycles. The zero-order valence-corrected chi connectivity index (χ0v) is 14.1. The normalized spacial score (nSPS) is 9.92. The number of alkyl carbamates (subject to hydrolysis) is 1. The first-order chi connectivity index (χ1) is 11.3. The lowest BCUT2D eigenvalue weighted by molar-refractivity contribution is -0.116. The van der Waals surface area contributed by atoms with Gasteiger partial charge in [-0.3, -0.25) is 4.79 Å². The van der Waals surface area contributed by atoms with Gasteiger partial charge in [0.1, 0.15) is 5.60 Å². The highest BCUT2D eigenvalue weighted by Gasteiger charge is 2.15. The molecule has 0 fully saturated rings. The van der Waals surface area contributed by atoms with Crippen LogP contribution in [0.1, 0.15) is 39.2 Å². The lowest BCUT2D eigenvalue weighted by Gasteiger charge is -2.19. The van der Waals surface area contributed by atoms with Crippen LogP contribution in [0.4, 0.5) is 10.5 Å². The summed E-state index contributed by atoms with van der Waals surface area (Å²) in [6.07, 6.45) is 0.305. The minimum absolute atomic E-state index is 0.142. The van der Waals surface area contributed by atoms with Crippen molar-refractivity contribution in [2.75, 3.05) is 11.9 Å². The predicted molar refractivity (Wildman–Crippen MR) is 91.0 cm³/mol. The molecular formula is C18H21N3O3. The molecule has 1 rings (SSSR count). The molecule has 0 aliphatic rings. The number of hydrogen-bond acceptors (Lipinski definition) is 4. The molecular weight excluding hydrogens is 306 g/mol. The Hall–Kier alpha value is -2.99. The largest absolute Gasteiger partial charge is 0.444 e. The average molecular weight is 327 g/mol. The van der Waals surface area contributed by atoms with E-state index in [9.17, 15) is 9.59 Å². The maximum absolute atomic E-state index is 11.8. The molecule has 0 heterocycles. The molecule has 0 unspecified atom stereocenters. The maximum atomic E-state index is 11.8. The molecule has 0 spiro atoms. The summed E-state index contributed by atoms with van der Waals surface area (Å²) in [4.78, 5) is 23.3. The van der Waals surface area contributed by atoms with Crippen LogP contribution >= 0.6 is 0 Å². The molecule has 0 aliphatic heterocycles. The van der Waals surface area contributed by atoms with Crippen molar-refractivity contribution < 1.29 is 14.3 Å². The number of rotatable bonds is 5. The number of benzene rings is 1. The zero-order chi connectivity index (χ0) is 18.0. The zero-order valence-electron chi connectivity index (χ0n) is 14.1. The summed E-state index contributed by atoms with van der Waals surface area (Å²) in [5.41, 5.74) is 0.823. The van der Waals surface area contributed by atoms with Gasteiger partial charge in [0.2, 0.25) is 5.91 Å². The van der Waals surface area contributed by atoms with Crippen molar-refractivity contribution in [3.05, 3.63) is 29.8 Å². The minimum Gasteiger partial charge on any atom is -0.444 e. The summed E-state index contributed by atoms with van der Waals surface area (Å²) in [6.45, 7) is 5.73. The molecule has 0 saturated carbocycles. The predicted octanol–water partition coefficient (Wildman–Crippen LogP) is 2.81. The topological polar surface area (TPSA) is 91.2 Å². The van der Waals surface area contributed by atoms with E-state index in [1.165, 1.54) is 0 Å². The number of amides is 2. The van der Waals surface area contributed by atoms with Crippen molar-refractivity contribution in [1.29, 1.82) is 5.26 Å². The Labute approximate surface area is 142 Å². The number of hydrogen-bond donors (Lipinski definition) is 2. The van der Waals surface area contributed by atoms with E-state index in [-0.39, 0.29) is 12.3 Å². The van der Waals surface area contributed by atoms with E-state index in [1.807, 2.05) is 0 Å². The highest BCUT2D eigenvalue weighted by atomic mass is 16.6. The van der Waals surface area contributed by atoms with Crippen LogP contribution in [0.2, 0.25) is 0 Å². The fourth-order valence-electron chi connectivity index (χ4n) is 1.71. The first-order valence-corrected chi connectivity index (χ1v) is 7.57. The van der Waals surface area contributed by atoms with Crippen LogP contribution in [0.25, 0.3) is 0 Å². The molecule has 0 atom stereocenters. The van der Waals surface area contributed by atoms with E-state index in [0.717, 1.165) is 0 Å². The van der Waals surface area contributed by atoms with E-state index >= 15 is 0 Å². The highest BCUT2D eigenvalue weighted by molar-refractivity contribution is 5.90. The molecule has 0 bridgehead atoms. The lowest BCUT2D eigenvalue weighted by Crippen LogP contribution is -2.33. The molecule has 6 nitrogen and oxygen atoms in total. The quantitative estimate of drug-likeness (QED) is 0.642. The first kappa shape index (κ1) is 19.1. The summed E-state index contributed by atoms with van der Waals surface area (Å²) in [5, 5.41) is 13.7. The van der Waals surface area contributed by atoms with Crippen molar-refractivity contribution in [3.8, 4) is 17.9 Å². The van der Waals surface area contributed by atoms with Crippen molar-refractivity contribution in [2.45, 2.75) is 39.2 Å². The molecule has 2 N–H and O–H groups in total. The molecule has 0 aliphatic carbocycles. The van der Waals surface area contributed by atoms with Gasteiger partial charge in [0.15, 0.2) is 6.07 Å². The van der Waals surface area contributed by atoms with Gasteiger partial charge >= 0.3 is 6.09 Å². The van der Waals surface area contributed by atoms with Gasteiger partial charge in [0, 0.05) is 30.1 Å². The number of carbonyl (C=O) groups is 2. The van der Waals surface area contributed by atoms with Crippen LogP contribution in [0.5, 0.6) is 0 Å². The van der Waals surface area contributed by atoms with Crippen LogP contribution in [-0.4, -0.2) is 24.1 Å². The smallest absolute Gasteiger partial charge is 0.407 e. The SMILES string of the molecule is CC(C)(C)OC(=O)NCCCC(=O)Nc1ccc(C#CC#N)cc1. The summed E-state index contributed by atoms with van der Waals surface area (Å²) >= 11 is 0. The van der Waals surface area contributed by atoms with E-state index in [0.29, 0.717) is 24.2 Å². The van der Waals surface area contributed by atoms with E-state index in [1.54, 1.807) is 51.1 Å². The Balaban J connectivity index is 2.29. The number of carbonyl (C=O) groups excluding carboxylic acids is 2. The van der Waals surface area contributed by atoms with Gasteiger partial charge in [0.25, 0.3) is 0 Å². The fourth-order valence-corrected chi connectivity index (χ4v) is 1.71. The Bertz CT molecular complexity index is 671. The third-order valence-electron chi connectivity index (χ3n) is 2.68. The van der Waals surface area contributed by atoms with E-state index in [4.69, 9.17) is 10.00 Å². The average Bonchev–Trinajstić information content (AvgIpc) is 2.49. The Morgan fingerprint density at radius 3 is 2.46 bits per heavy atom. The number of nitrogens with one attached hydrogen (secondary N) is 2. The third kappa shape index (κ3) is 8.45. The third-order valence-corrected chi connectivity index (χ3v) is 2.68. The van der Waals surface area contributed by atoms with Gasteiger partial charge < -0.3 is 15.4 Å². The molecule has 2 amide bonds. The molecule has 0 radical (unpaired) electrons. The monoisotopic (exact) mass is 327 g/mol. The standard InChI is InChI=1S/C18H21N3O3/c1-18(2,3)24-17(23)20-13-5-7-16(22)21-15-10-8-14(9-11-15)6-4-12-19/h8-11H,5,7,13H2,1-3H3,(H,20,23)(H,21,22). The summed E-state index contributed by atoms with van der Waals surface area (Å²) in [7, 11) is 0. The van der Waals surface area contributed by atoms with Crippen LogP contribution in [0, 0.1) is 23.2 Å². The van der Waals surface area contributed by atoms with Gasteiger partial charge in [-0.1, -0.05) is 5.92 Å². The van der Waals surface area contributed by atoms with Crippen LogP contribution in [0.15, 0.2) is 24.3 Å². The molecule has 126 valence electrons. The summed E-state index contributed by atoms with van der Waals surface area (Å²) < 4.78 is 5.10. The lowest BCUT2D eigenvalue weighted by atomic mass is 10.2. The Morgan fingerprint density at radius 1 is 1.21 bits per heavy atom. The van der Waals surface area contributed by atoms with Gasteiger partial charge in [-0.2, -0.15) is 5.26 Å². The molecule has 0 aromatic heterocycles. The molecule has 1 aromatic rings. The van der Waals surface area contributed by atoms with Crippen molar-refractivity contribution >= 4 is 17.7 Å². The van der Waals surface area contributed by atoms with Crippen molar-refractivity contribution in [2.24, 2.45) is 0 Å².